The first-order valence-electron chi connectivity index (χ1n) is 9.44. The van der Waals surface area contributed by atoms with Crippen molar-refractivity contribution in [3.63, 3.8) is 0 Å². The maximum absolute atomic E-state index is 5.48. The lowest BCUT2D eigenvalue weighted by Gasteiger charge is -2.23. The topological polar surface area (TPSA) is 34.2 Å². The molecule has 1 heterocycles. The van der Waals surface area contributed by atoms with Crippen molar-refractivity contribution in [2.75, 3.05) is 14.2 Å². The molecule has 0 aliphatic heterocycles. The predicted molar refractivity (Wildman–Crippen MR) is 107 cm³/mol. The Labute approximate surface area is 155 Å². The maximum atomic E-state index is 5.48. The van der Waals surface area contributed by atoms with E-state index in [4.69, 9.17) is 9.47 Å². The zero-order valence-electron chi connectivity index (χ0n) is 16.1. The van der Waals surface area contributed by atoms with Crippen molar-refractivity contribution in [2.45, 2.75) is 45.4 Å². The molecule has 0 radical (unpaired) electrons. The molecule has 1 aliphatic carbocycles. The highest BCUT2D eigenvalue weighted by atomic mass is 16.5. The molecule has 1 N–H and O–H groups in total. The first-order valence-corrected chi connectivity index (χ1v) is 9.44. The van der Waals surface area contributed by atoms with Gasteiger partial charge < -0.3 is 14.5 Å². The van der Waals surface area contributed by atoms with E-state index in [1.54, 1.807) is 14.2 Å². The summed E-state index contributed by atoms with van der Waals surface area (Å²) < 4.78 is 10.9. The summed E-state index contributed by atoms with van der Waals surface area (Å²) in [5.74, 6) is 2.13. The first kappa shape index (κ1) is 17.0. The van der Waals surface area contributed by atoms with E-state index in [2.05, 4.69) is 43.1 Å². The minimum Gasteiger partial charge on any atom is -0.493 e. The highest BCUT2D eigenvalue weighted by molar-refractivity contribution is 5.88. The van der Waals surface area contributed by atoms with E-state index in [9.17, 15) is 0 Å². The quantitative estimate of drug-likeness (QED) is 0.678. The van der Waals surface area contributed by atoms with Crippen molar-refractivity contribution >= 4 is 10.9 Å². The minimum absolute atomic E-state index is 0.531. The van der Waals surface area contributed by atoms with Crippen LogP contribution in [-0.4, -0.2) is 19.2 Å². The fourth-order valence-electron chi connectivity index (χ4n) is 4.37. The van der Waals surface area contributed by atoms with Crippen LogP contribution in [0.2, 0.25) is 0 Å². The van der Waals surface area contributed by atoms with Gasteiger partial charge >= 0.3 is 0 Å². The van der Waals surface area contributed by atoms with E-state index in [0.717, 1.165) is 17.9 Å². The van der Waals surface area contributed by atoms with Crippen molar-refractivity contribution < 1.29 is 9.47 Å². The Hall–Kier alpha value is -2.42. The second-order valence-electron chi connectivity index (χ2n) is 7.43. The molecule has 3 heteroatoms. The SMILES string of the molecule is COc1ccc(CC2CCCc3c2[nH]c2c(C)c(C)ccc32)cc1OC. The fraction of sp³-hybridized carbons (Fsp3) is 0.391. The zero-order valence-corrected chi connectivity index (χ0v) is 16.1. The van der Waals surface area contributed by atoms with Crippen LogP contribution in [0.15, 0.2) is 30.3 Å². The van der Waals surface area contributed by atoms with Gasteiger partial charge in [0.1, 0.15) is 0 Å². The Kier molecular flexibility index (Phi) is 4.39. The lowest BCUT2D eigenvalue weighted by atomic mass is 9.83. The summed E-state index contributed by atoms with van der Waals surface area (Å²) in [4.78, 5) is 3.79. The highest BCUT2D eigenvalue weighted by Crippen LogP contribution is 2.40. The van der Waals surface area contributed by atoms with Crippen LogP contribution in [-0.2, 0) is 12.8 Å². The van der Waals surface area contributed by atoms with Gasteiger partial charge in [0, 0.05) is 22.5 Å². The molecule has 0 spiro atoms. The lowest BCUT2D eigenvalue weighted by Crippen LogP contribution is -2.11. The van der Waals surface area contributed by atoms with Crippen molar-refractivity contribution in [3.8, 4) is 11.5 Å². The van der Waals surface area contributed by atoms with Gasteiger partial charge in [-0.2, -0.15) is 0 Å². The summed E-state index contributed by atoms with van der Waals surface area (Å²) in [5.41, 5.74) is 8.32. The molecular weight excluding hydrogens is 322 g/mol. The number of aromatic nitrogens is 1. The van der Waals surface area contributed by atoms with Crippen molar-refractivity contribution in [1.82, 2.24) is 4.98 Å². The van der Waals surface area contributed by atoms with Crippen LogP contribution in [0, 0.1) is 13.8 Å². The molecule has 1 aliphatic rings. The largest absolute Gasteiger partial charge is 0.493 e. The van der Waals surface area contributed by atoms with Gasteiger partial charge in [-0.25, -0.2) is 0 Å². The molecule has 2 aromatic carbocycles. The number of nitrogens with one attached hydrogen (secondary N) is 1. The molecule has 3 nitrogen and oxygen atoms in total. The normalized spacial score (nSPS) is 16.5. The molecule has 136 valence electrons. The van der Waals surface area contributed by atoms with Gasteiger partial charge in [0.25, 0.3) is 0 Å². The van der Waals surface area contributed by atoms with E-state index in [1.165, 1.54) is 58.1 Å². The number of hydrogen-bond donors (Lipinski definition) is 1. The summed E-state index contributed by atoms with van der Waals surface area (Å²) in [6.07, 6.45) is 4.69. The van der Waals surface area contributed by atoms with E-state index in [0.29, 0.717) is 5.92 Å². The molecule has 4 rings (SSSR count). The molecule has 0 saturated carbocycles. The fourth-order valence-corrected chi connectivity index (χ4v) is 4.37. The van der Waals surface area contributed by atoms with Crippen LogP contribution in [0.5, 0.6) is 11.5 Å². The van der Waals surface area contributed by atoms with Gasteiger partial charge in [0.15, 0.2) is 11.5 Å². The standard InChI is InChI=1S/C23H27NO2/c1-14-8-10-19-18-7-5-6-17(23(18)24-22(19)15(14)2)12-16-9-11-20(25-3)21(13-16)26-4/h8-11,13,17,24H,5-7,12H2,1-4H3. The summed E-state index contributed by atoms with van der Waals surface area (Å²) in [5, 5.41) is 1.42. The molecule has 26 heavy (non-hydrogen) atoms. The van der Waals surface area contributed by atoms with Crippen LogP contribution in [0.4, 0.5) is 0 Å². The Morgan fingerprint density at radius 2 is 1.85 bits per heavy atom. The van der Waals surface area contributed by atoms with Crippen molar-refractivity contribution in [1.29, 1.82) is 0 Å². The van der Waals surface area contributed by atoms with Crippen LogP contribution in [0.1, 0.15) is 46.7 Å². The Balaban J connectivity index is 1.71. The first-order chi connectivity index (χ1) is 12.6. The van der Waals surface area contributed by atoms with Crippen molar-refractivity contribution in [3.05, 3.63) is 58.3 Å². The molecule has 1 aromatic heterocycles. The molecule has 0 fully saturated rings. The number of hydrogen-bond acceptors (Lipinski definition) is 2. The molecular formula is C23H27NO2. The van der Waals surface area contributed by atoms with Crippen LogP contribution >= 0.6 is 0 Å². The Morgan fingerprint density at radius 3 is 2.62 bits per heavy atom. The van der Waals surface area contributed by atoms with Gasteiger partial charge in [0.05, 0.1) is 14.2 Å². The molecule has 0 bridgehead atoms. The summed E-state index contributed by atoms with van der Waals surface area (Å²) in [7, 11) is 3.38. The van der Waals surface area contributed by atoms with E-state index in [-0.39, 0.29) is 0 Å². The molecule has 1 atom stereocenters. The van der Waals surface area contributed by atoms with E-state index >= 15 is 0 Å². The summed E-state index contributed by atoms with van der Waals surface area (Å²) >= 11 is 0. The third-order valence-electron chi connectivity index (χ3n) is 5.96. The lowest BCUT2D eigenvalue weighted by molar-refractivity contribution is 0.354. The van der Waals surface area contributed by atoms with Gasteiger partial charge in [-0.05, 0) is 73.9 Å². The second kappa shape index (κ2) is 6.71. The van der Waals surface area contributed by atoms with Gasteiger partial charge in [-0.1, -0.05) is 18.2 Å². The number of H-pyrrole nitrogens is 1. The van der Waals surface area contributed by atoms with E-state index in [1.807, 2.05) is 6.07 Å². The third kappa shape index (κ3) is 2.76. The molecule has 0 amide bonds. The molecule has 3 aromatic rings. The summed E-state index contributed by atoms with van der Waals surface area (Å²) in [6.45, 7) is 4.42. The number of rotatable bonds is 4. The maximum Gasteiger partial charge on any atom is 0.160 e. The molecule has 0 saturated heterocycles. The van der Waals surface area contributed by atoms with Gasteiger partial charge in [-0.3, -0.25) is 0 Å². The van der Waals surface area contributed by atoms with Crippen LogP contribution in [0.3, 0.4) is 0 Å². The number of methoxy groups -OCH3 is 2. The third-order valence-corrected chi connectivity index (χ3v) is 5.96. The van der Waals surface area contributed by atoms with Gasteiger partial charge in [0.2, 0.25) is 0 Å². The number of benzene rings is 2. The van der Waals surface area contributed by atoms with E-state index < -0.39 is 0 Å². The van der Waals surface area contributed by atoms with Crippen LogP contribution in [0.25, 0.3) is 10.9 Å². The zero-order chi connectivity index (χ0) is 18.3. The van der Waals surface area contributed by atoms with Gasteiger partial charge in [-0.15, -0.1) is 0 Å². The summed E-state index contributed by atoms with van der Waals surface area (Å²) in [6, 6.07) is 10.8. The van der Waals surface area contributed by atoms with Crippen molar-refractivity contribution in [2.24, 2.45) is 0 Å². The smallest absolute Gasteiger partial charge is 0.160 e. The minimum atomic E-state index is 0.531. The molecule has 1 unspecified atom stereocenters. The Bertz CT molecular complexity index is 954. The number of ether oxygens (including phenoxy) is 2. The average Bonchev–Trinajstić information content (AvgIpc) is 3.05. The second-order valence-corrected chi connectivity index (χ2v) is 7.43. The monoisotopic (exact) mass is 349 g/mol. The number of aromatic amines is 1. The Morgan fingerprint density at radius 1 is 1.04 bits per heavy atom. The average molecular weight is 349 g/mol. The number of fused-ring (bicyclic) bond motifs is 3. The predicted octanol–water partition coefficient (Wildman–Crippen LogP) is 5.46. The number of aryl methyl sites for hydroxylation is 3. The van der Waals surface area contributed by atoms with Crippen LogP contribution < -0.4 is 9.47 Å². The highest BCUT2D eigenvalue weighted by Gasteiger charge is 2.25.